The zero-order valence-corrected chi connectivity index (χ0v) is 11.9. The van der Waals surface area contributed by atoms with Gasteiger partial charge in [0.1, 0.15) is 12.1 Å². The lowest BCUT2D eigenvalue weighted by Gasteiger charge is -2.27. The molecule has 1 aliphatic rings. The quantitative estimate of drug-likeness (QED) is 0.786. The van der Waals surface area contributed by atoms with Gasteiger partial charge in [-0.25, -0.2) is 4.79 Å². The van der Waals surface area contributed by atoms with Crippen molar-refractivity contribution in [2.24, 2.45) is 5.41 Å². The maximum atomic E-state index is 12.2. The average Bonchev–Trinajstić information content (AvgIpc) is 2.75. The SMILES string of the molecule is CC(NC(=O)C(C)(C)C)C(=O)N1CCCC1C(=O)O. The Morgan fingerprint density at radius 2 is 1.89 bits per heavy atom. The third-order valence-electron chi connectivity index (χ3n) is 3.22. The Morgan fingerprint density at radius 3 is 2.37 bits per heavy atom. The van der Waals surface area contributed by atoms with E-state index >= 15 is 0 Å². The van der Waals surface area contributed by atoms with Crippen molar-refractivity contribution in [2.75, 3.05) is 6.54 Å². The highest BCUT2D eigenvalue weighted by atomic mass is 16.4. The number of likely N-dealkylation sites (tertiary alicyclic amines) is 1. The first kappa shape index (κ1) is 15.5. The molecule has 0 aromatic rings. The molecule has 0 spiro atoms. The van der Waals surface area contributed by atoms with Gasteiger partial charge in [-0.05, 0) is 19.8 Å². The molecular weight excluding hydrogens is 248 g/mol. The molecule has 6 nitrogen and oxygen atoms in total. The maximum absolute atomic E-state index is 12.2. The number of carboxylic acid groups (broad SMARTS) is 1. The number of rotatable bonds is 3. The standard InChI is InChI=1S/C13H22N2O4/c1-8(14-12(19)13(2,3)4)10(16)15-7-5-6-9(15)11(17)18/h8-9H,5-7H2,1-4H3,(H,14,19)(H,17,18). The van der Waals surface area contributed by atoms with Crippen LogP contribution in [0.1, 0.15) is 40.5 Å². The third-order valence-corrected chi connectivity index (χ3v) is 3.22. The molecule has 0 bridgehead atoms. The third kappa shape index (κ3) is 3.68. The number of carbonyl (C=O) groups is 3. The Bertz CT molecular complexity index is 387. The van der Waals surface area contributed by atoms with Crippen molar-refractivity contribution >= 4 is 17.8 Å². The number of aliphatic carboxylic acids is 1. The van der Waals surface area contributed by atoms with E-state index < -0.39 is 23.5 Å². The summed E-state index contributed by atoms with van der Waals surface area (Å²) in [5.41, 5.74) is -0.578. The van der Waals surface area contributed by atoms with E-state index in [4.69, 9.17) is 5.11 Å². The summed E-state index contributed by atoms with van der Waals surface area (Å²) < 4.78 is 0. The van der Waals surface area contributed by atoms with Gasteiger partial charge in [0.15, 0.2) is 0 Å². The van der Waals surface area contributed by atoms with Gasteiger partial charge in [0.25, 0.3) is 0 Å². The molecular formula is C13H22N2O4. The van der Waals surface area contributed by atoms with Crippen LogP contribution in [-0.4, -0.2) is 46.4 Å². The van der Waals surface area contributed by atoms with Crippen LogP contribution in [0.3, 0.4) is 0 Å². The monoisotopic (exact) mass is 270 g/mol. The molecule has 1 rings (SSSR count). The van der Waals surface area contributed by atoms with E-state index in [0.717, 1.165) is 0 Å². The Balaban J connectivity index is 2.67. The summed E-state index contributed by atoms with van der Waals surface area (Å²) in [7, 11) is 0. The molecule has 19 heavy (non-hydrogen) atoms. The van der Waals surface area contributed by atoms with Crippen LogP contribution in [0.4, 0.5) is 0 Å². The minimum atomic E-state index is -0.986. The zero-order chi connectivity index (χ0) is 14.8. The fourth-order valence-corrected chi connectivity index (χ4v) is 2.01. The largest absolute Gasteiger partial charge is 0.480 e. The maximum Gasteiger partial charge on any atom is 0.326 e. The van der Waals surface area contributed by atoms with Crippen LogP contribution >= 0.6 is 0 Å². The molecule has 1 heterocycles. The molecule has 1 aliphatic heterocycles. The second-order valence-electron chi connectivity index (χ2n) is 5.97. The molecule has 2 unspecified atom stereocenters. The molecule has 6 heteroatoms. The Hall–Kier alpha value is -1.59. The number of nitrogens with zero attached hydrogens (tertiary/aromatic N) is 1. The zero-order valence-electron chi connectivity index (χ0n) is 11.9. The van der Waals surface area contributed by atoms with Gasteiger partial charge >= 0.3 is 5.97 Å². The number of nitrogens with one attached hydrogen (secondary N) is 1. The van der Waals surface area contributed by atoms with E-state index in [1.54, 1.807) is 27.7 Å². The molecule has 2 atom stereocenters. The normalized spacial score (nSPS) is 21.1. The molecule has 2 amide bonds. The second-order valence-corrected chi connectivity index (χ2v) is 5.97. The number of carbonyl (C=O) groups excluding carboxylic acids is 2. The fraction of sp³-hybridized carbons (Fsp3) is 0.769. The van der Waals surface area contributed by atoms with Crippen molar-refractivity contribution in [3.05, 3.63) is 0 Å². The summed E-state index contributed by atoms with van der Waals surface area (Å²) >= 11 is 0. The molecule has 0 aliphatic carbocycles. The highest BCUT2D eigenvalue weighted by Gasteiger charge is 2.36. The van der Waals surface area contributed by atoms with Gasteiger partial charge in [-0.2, -0.15) is 0 Å². The lowest BCUT2D eigenvalue weighted by Crippen LogP contribution is -2.52. The molecule has 1 saturated heterocycles. The molecule has 2 N–H and O–H groups in total. The van der Waals surface area contributed by atoms with Crippen LogP contribution < -0.4 is 5.32 Å². The smallest absolute Gasteiger partial charge is 0.326 e. The van der Waals surface area contributed by atoms with Crippen LogP contribution in [0.15, 0.2) is 0 Å². The van der Waals surface area contributed by atoms with Crippen molar-refractivity contribution in [1.29, 1.82) is 0 Å². The van der Waals surface area contributed by atoms with E-state index in [2.05, 4.69) is 5.32 Å². The Morgan fingerprint density at radius 1 is 1.32 bits per heavy atom. The van der Waals surface area contributed by atoms with Crippen LogP contribution in [0.5, 0.6) is 0 Å². The first-order valence-corrected chi connectivity index (χ1v) is 6.49. The minimum Gasteiger partial charge on any atom is -0.480 e. The Kier molecular flexibility index (Phi) is 4.55. The number of hydrogen-bond donors (Lipinski definition) is 2. The average molecular weight is 270 g/mol. The first-order chi connectivity index (χ1) is 8.64. The van der Waals surface area contributed by atoms with E-state index in [-0.39, 0.29) is 11.8 Å². The Labute approximate surface area is 113 Å². The van der Waals surface area contributed by atoms with Crippen molar-refractivity contribution in [2.45, 2.75) is 52.6 Å². The summed E-state index contributed by atoms with van der Waals surface area (Å²) in [5, 5.41) is 11.7. The number of amides is 2. The van der Waals surface area contributed by atoms with E-state index in [1.165, 1.54) is 4.90 Å². The highest BCUT2D eigenvalue weighted by Crippen LogP contribution is 2.19. The van der Waals surface area contributed by atoms with Crippen molar-refractivity contribution in [1.82, 2.24) is 10.2 Å². The predicted octanol–water partition coefficient (Wildman–Crippen LogP) is 0.613. The van der Waals surface area contributed by atoms with Crippen LogP contribution in [-0.2, 0) is 14.4 Å². The molecule has 0 radical (unpaired) electrons. The van der Waals surface area contributed by atoms with Gasteiger partial charge in [-0.3, -0.25) is 9.59 Å². The van der Waals surface area contributed by atoms with Crippen LogP contribution in [0.2, 0.25) is 0 Å². The van der Waals surface area contributed by atoms with Gasteiger partial charge < -0.3 is 15.3 Å². The summed E-state index contributed by atoms with van der Waals surface area (Å²) in [6.07, 6.45) is 1.16. The number of hydrogen-bond acceptors (Lipinski definition) is 3. The predicted molar refractivity (Wildman–Crippen MR) is 69.4 cm³/mol. The second kappa shape index (κ2) is 5.59. The molecule has 1 fully saturated rings. The van der Waals surface area contributed by atoms with E-state index in [9.17, 15) is 14.4 Å². The van der Waals surface area contributed by atoms with Crippen LogP contribution in [0.25, 0.3) is 0 Å². The van der Waals surface area contributed by atoms with Gasteiger partial charge in [0.05, 0.1) is 0 Å². The summed E-state index contributed by atoms with van der Waals surface area (Å²) in [6, 6.07) is -1.46. The van der Waals surface area contributed by atoms with Crippen molar-refractivity contribution < 1.29 is 19.5 Å². The molecule has 0 aromatic heterocycles. The lowest BCUT2D eigenvalue weighted by atomic mass is 9.95. The van der Waals surface area contributed by atoms with Crippen molar-refractivity contribution in [3.8, 4) is 0 Å². The molecule has 0 saturated carbocycles. The minimum absolute atomic E-state index is 0.223. The molecule has 108 valence electrons. The number of carboxylic acids is 1. The van der Waals surface area contributed by atoms with Gasteiger partial charge in [0, 0.05) is 12.0 Å². The van der Waals surface area contributed by atoms with Gasteiger partial charge in [0.2, 0.25) is 11.8 Å². The van der Waals surface area contributed by atoms with E-state index in [0.29, 0.717) is 19.4 Å². The first-order valence-electron chi connectivity index (χ1n) is 6.49. The van der Waals surface area contributed by atoms with Crippen LogP contribution in [0, 0.1) is 5.41 Å². The summed E-state index contributed by atoms with van der Waals surface area (Å²) in [6.45, 7) is 7.30. The van der Waals surface area contributed by atoms with E-state index in [1.807, 2.05) is 0 Å². The van der Waals surface area contributed by atoms with Gasteiger partial charge in [-0.15, -0.1) is 0 Å². The fourth-order valence-electron chi connectivity index (χ4n) is 2.01. The van der Waals surface area contributed by atoms with Gasteiger partial charge in [-0.1, -0.05) is 20.8 Å². The highest BCUT2D eigenvalue weighted by molar-refractivity contribution is 5.91. The van der Waals surface area contributed by atoms with Crippen molar-refractivity contribution in [3.63, 3.8) is 0 Å². The topological polar surface area (TPSA) is 86.7 Å². The summed E-state index contributed by atoms with van der Waals surface area (Å²) in [4.78, 5) is 36.4. The lowest BCUT2D eigenvalue weighted by molar-refractivity contribution is -0.149. The summed E-state index contributed by atoms with van der Waals surface area (Å²) in [5.74, 6) is -1.54. The molecule has 0 aromatic carbocycles.